The van der Waals surface area contributed by atoms with Crippen molar-refractivity contribution in [2.24, 2.45) is 5.73 Å². The Kier molecular flexibility index (Phi) is 9.13. The van der Waals surface area contributed by atoms with Gasteiger partial charge in [0.2, 0.25) is 5.91 Å². The summed E-state index contributed by atoms with van der Waals surface area (Å²) in [4.78, 5) is 11.2. The number of aliphatic hydroxyl groups excluding tert-OH is 1. The van der Waals surface area contributed by atoms with E-state index in [0.29, 0.717) is 13.0 Å². The minimum atomic E-state index is -0.377. The lowest BCUT2D eigenvalue weighted by atomic mass is 10.2. The number of rotatable bonds is 8. The monoisotopic (exact) mass is 220 g/mol. The molecule has 1 atom stereocenters. The molecule has 14 heavy (non-hydrogen) atoms. The molecule has 0 aromatic rings. The van der Waals surface area contributed by atoms with E-state index in [0.717, 1.165) is 17.9 Å². The molecule has 0 fully saturated rings. The molecule has 0 bridgehead atoms. The number of hydrogen-bond donors (Lipinski definition) is 3. The first kappa shape index (κ1) is 13.7. The molecule has 0 aliphatic rings. The van der Waals surface area contributed by atoms with Crippen LogP contribution in [0.3, 0.4) is 0 Å². The van der Waals surface area contributed by atoms with Gasteiger partial charge < -0.3 is 16.2 Å². The van der Waals surface area contributed by atoms with Gasteiger partial charge in [0.1, 0.15) is 0 Å². The SMILES string of the molecule is CC[C@H](N)C(=O)NCCSCCCO. The van der Waals surface area contributed by atoms with E-state index in [1.54, 1.807) is 11.8 Å². The molecule has 0 aliphatic heterocycles. The Hall–Kier alpha value is -0.260. The predicted octanol–water partition coefficient (Wildman–Crippen LogP) is -0.0445. The van der Waals surface area contributed by atoms with E-state index in [-0.39, 0.29) is 18.6 Å². The van der Waals surface area contributed by atoms with Crippen LogP contribution in [0.25, 0.3) is 0 Å². The lowest BCUT2D eigenvalue weighted by Crippen LogP contribution is -2.40. The van der Waals surface area contributed by atoms with Crippen LogP contribution in [0.5, 0.6) is 0 Å². The second kappa shape index (κ2) is 9.30. The number of thioether (sulfide) groups is 1. The van der Waals surface area contributed by atoms with Crippen LogP contribution in [0.15, 0.2) is 0 Å². The molecule has 0 rings (SSSR count). The number of hydrogen-bond acceptors (Lipinski definition) is 4. The number of amides is 1. The normalized spacial score (nSPS) is 12.5. The third kappa shape index (κ3) is 7.17. The van der Waals surface area contributed by atoms with Crippen LogP contribution in [0.4, 0.5) is 0 Å². The predicted molar refractivity (Wildman–Crippen MR) is 60.3 cm³/mol. The first-order chi connectivity index (χ1) is 6.72. The fraction of sp³-hybridized carbons (Fsp3) is 0.889. The number of carbonyl (C=O) groups is 1. The second-order valence-corrected chi connectivity index (χ2v) is 4.22. The van der Waals surface area contributed by atoms with Crippen LogP contribution in [-0.2, 0) is 4.79 Å². The minimum absolute atomic E-state index is 0.0738. The van der Waals surface area contributed by atoms with Gasteiger partial charge in [0.05, 0.1) is 6.04 Å². The Labute approximate surface area is 89.6 Å². The third-order valence-electron chi connectivity index (χ3n) is 1.77. The molecule has 0 spiro atoms. The zero-order chi connectivity index (χ0) is 10.8. The van der Waals surface area contributed by atoms with E-state index >= 15 is 0 Å². The van der Waals surface area contributed by atoms with E-state index in [2.05, 4.69) is 5.32 Å². The maximum atomic E-state index is 11.2. The van der Waals surface area contributed by atoms with Crippen LogP contribution in [0.2, 0.25) is 0 Å². The largest absolute Gasteiger partial charge is 0.396 e. The van der Waals surface area contributed by atoms with Gasteiger partial charge in [-0.25, -0.2) is 0 Å². The quantitative estimate of drug-likeness (QED) is 0.502. The number of carbonyl (C=O) groups excluding carboxylic acids is 1. The molecule has 84 valence electrons. The van der Waals surface area contributed by atoms with Crippen molar-refractivity contribution in [1.29, 1.82) is 0 Å². The molecule has 0 aromatic heterocycles. The third-order valence-corrected chi connectivity index (χ3v) is 2.84. The zero-order valence-corrected chi connectivity index (χ0v) is 9.48. The molecule has 0 radical (unpaired) electrons. The van der Waals surface area contributed by atoms with Crippen LogP contribution >= 0.6 is 11.8 Å². The van der Waals surface area contributed by atoms with Gasteiger partial charge >= 0.3 is 0 Å². The van der Waals surface area contributed by atoms with Gasteiger partial charge in [0.25, 0.3) is 0 Å². The van der Waals surface area contributed by atoms with E-state index in [1.165, 1.54) is 0 Å². The Morgan fingerprint density at radius 2 is 2.29 bits per heavy atom. The highest BCUT2D eigenvalue weighted by Gasteiger charge is 2.08. The average molecular weight is 220 g/mol. The molecular weight excluding hydrogens is 200 g/mol. The molecule has 1 amide bonds. The molecule has 0 unspecified atom stereocenters. The van der Waals surface area contributed by atoms with Gasteiger partial charge in [0.15, 0.2) is 0 Å². The van der Waals surface area contributed by atoms with Crippen molar-refractivity contribution < 1.29 is 9.90 Å². The average Bonchev–Trinajstić information content (AvgIpc) is 2.21. The summed E-state index contributed by atoms with van der Waals surface area (Å²) in [5.74, 6) is 1.74. The summed E-state index contributed by atoms with van der Waals surface area (Å²) >= 11 is 1.72. The standard InChI is InChI=1S/C9H20N2O2S/c1-2-8(10)9(13)11-4-7-14-6-3-5-12/h8,12H,2-7,10H2,1H3,(H,11,13)/t8-/m0/s1. The lowest BCUT2D eigenvalue weighted by Gasteiger charge is -2.09. The molecule has 5 heteroatoms. The van der Waals surface area contributed by atoms with Crippen LogP contribution in [-0.4, -0.2) is 41.7 Å². The molecule has 0 saturated carbocycles. The summed E-state index contributed by atoms with van der Waals surface area (Å²) in [6, 6.07) is -0.377. The van der Waals surface area contributed by atoms with Gasteiger partial charge in [-0.15, -0.1) is 0 Å². The molecule has 0 saturated heterocycles. The molecule has 0 aliphatic carbocycles. The summed E-state index contributed by atoms with van der Waals surface area (Å²) in [5, 5.41) is 11.3. The summed E-state index contributed by atoms with van der Waals surface area (Å²) in [7, 11) is 0. The van der Waals surface area contributed by atoms with E-state index in [9.17, 15) is 4.79 Å². The van der Waals surface area contributed by atoms with Crippen molar-refractivity contribution in [3.8, 4) is 0 Å². The van der Waals surface area contributed by atoms with Gasteiger partial charge in [-0.1, -0.05) is 6.92 Å². The summed E-state index contributed by atoms with van der Waals surface area (Å²) in [5.41, 5.74) is 5.53. The second-order valence-electron chi connectivity index (χ2n) is 3.00. The topological polar surface area (TPSA) is 75.4 Å². The van der Waals surface area contributed by atoms with E-state index in [1.807, 2.05) is 6.92 Å². The Balaban J connectivity index is 3.23. The fourth-order valence-corrected chi connectivity index (χ4v) is 1.62. The van der Waals surface area contributed by atoms with Gasteiger partial charge in [-0.3, -0.25) is 4.79 Å². The van der Waals surface area contributed by atoms with Crippen molar-refractivity contribution >= 4 is 17.7 Å². The van der Waals surface area contributed by atoms with Gasteiger partial charge in [0, 0.05) is 18.9 Å². The van der Waals surface area contributed by atoms with Crippen LogP contribution in [0, 0.1) is 0 Å². The lowest BCUT2D eigenvalue weighted by molar-refractivity contribution is -0.122. The molecule has 4 nitrogen and oxygen atoms in total. The van der Waals surface area contributed by atoms with Gasteiger partial charge in [-0.05, 0) is 18.6 Å². The summed E-state index contributed by atoms with van der Waals surface area (Å²) < 4.78 is 0. The van der Waals surface area contributed by atoms with Crippen molar-refractivity contribution in [3.63, 3.8) is 0 Å². The van der Waals surface area contributed by atoms with Crippen molar-refractivity contribution in [3.05, 3.63) is 0 Å². The fourth-order valence-electron chi connectivity index (χ4n) is 0.832. The highest BCUT2D eigenvalue weighted by molar-refractivity contribution is 7.99. The summed E-state index contributed by atoms with van der Waals surface area (Å²) in [6.07, 6.45) is 1.48. The van der Waals surface area contributed by atoms with Gasteiger partial charge in [-0.2, -0.15) is 11.8 Å². The maximum absolute atomic E-state index is 11.2. The Bertz CT molecular complexity index is 156. The minimum Gasteiger partial charge on any atom is -0.396 e. The smallest absolute Gasteiger partial charge is 0.236 e. The van der Waals surface area contributed by atoms with Crippen LogP contribution in [0.1, 0.15) is 19.8 Å². The summed E-state index contributed by atoms with van der Waals surface area (Å²) in [6.45, 7) is 2.78. The number of nitrogens with two attached hydrogens (primary N) is 1. The zero-order valence-electron chi connectivity index (χ0n) is 8.66. The number of aliphatic hydroxyl groups is 1. The molecule has 4 N–H and O–H groups in total. The van der Waals surface area contributed by atoms with E-state index < -0.39 is 0 Å². The number of nitrogens with one attached hydrogen (secondary N) is 1. The van der Waals surface area contributed by atoms with Crippen LogP contribution < -0.4 is 11.1 Å². The molecule has 0 aromatic carbocycles. The van der Waals surface area contributed by atoms with E-state index in [4.69, 9.17) is 10.8 Å². The first-order valence-electron chi connectivity index (χ1n) is 4.94. The Morgan fingerprint density at radius 3 is 2.86 bits per heavy atom. The first-order valence-corrected chi connectivity index (χ1v) is 6.09. The van der Waals surface area contributed by atoms with Crippen molar-refractivity contribution in [2.45, 2.75) is 25.8 Å². The highest BCUT2D eigenvalue weighted by Crippen LogP contribution is 2.00. The highest BCUT2D eigenvalue weighted by atomic mass is 32.2. The Morgan fingerprint density at radius 1 is 1.57 bits per heavy atom. The molecular formula is C9H20N2O2S. The molecule has 0 heterocycles. The van der Waals surface area contributed by atoms with Crippen molar-refractivity contribution in [2.75, 3.05) is 24.7 Å². The maximum Gasteiger partial charge on any atom is 0.236 e. The van der Waals surface area contributed by atoms with Crippen molar-refractivity contribution in [1.82, 2.24) is 5.32 Å².